The van der Waals surface area contributed by atoms with Gasteiger partial charge in [0.2, 0.25) is 0 Å². The number of sulfonamides is 1. The van der Waals surface area contributed by atoms with Gasteiger partial charge in [-0.2, -0.15) is 18.3 Å². The second-order valence-corrected chi connectivity index (χ2v) is 10.1. The van der Waals surface area contributed by atoms with Crippen molar-refractivity contribution in [2.45, 2.75) is 36.4 Å². The minimum atomic E-state index is -4.65. The predicted molar refractivity (Wildman–Crippen MR) is 119 cm³/mol. The molecule has 2 aromatic carbocycles. The SMILES string of the molecule is O=C(NS(=O)(=O)c1ccc(F)c(Cc2cn(-c3ccc(C(F)(F)F)cc3)nc2Cl)c1F)C1CCCN1. The number of hydrogen-bond acceptors (Lipinski definition) is 5. The molecule has 2 heterocycles. The van der Waals surface area contributed by atoms with Gasteiger partial charge in [0.15, 0.2) is 5.15 Å². The van der Waals surface area contributed by atoms with E-state index in [9.17, 15) is 30.8 Å². The van der Waals surface area contributed by atoms with Crippen LogP contribution in [0.3, 0.4) is 0 Å². The molecule has 1 amide bonds. The minimum absolute atomic E-state index is 0.0862. The summed E-state index contributed by atoms with van der Waals surface area (Å²) in [7, 11) is -4.65. The number of hydrogen-bond donors (Lipinski definition) is 2. The number of aromatic nitrogens is 2. The Balaban J connectivity index is 1.60. The fourth-order valence-corrected chi connectivity index (χ4v) is 5.07. The van der Waals surface area contributed by atoms with Gasteiger partial charge in [0.25, 0.3) is 15.9 Å². The maximum atomic E-state index is 15.2. The lowest BCUT2D eigenvalue weighted by molar-refractivity contribution is -0.137. The topological polar surface area (TPSA) is 93.1 Å². The first-order chi connectivity index (χ1) is 16.9. The fraction of sp³-hybridized carbons (Fsp3) is 0.273. The molecule has 1 aliphatic rings. The third kappa shape index (κ3) is 5.37. The van der Waals surface area contributed by atoms with Crippen molar-refractivity contribution >= 4 is 27.5 Å². The molecule has 1 unspecified atom stereocenters. The second kappa shape index (κ2) is 9.79. The normalized spacial score (nSPS) is 16.3. The van der Waals surface area contributed by atoms with Crippen LogP contribution in [0.4, 0.5) is 22.0 Å². The third-order valence-corrected chi connectivity index (χ3v) is 7.30. The summed E-state index contributed by atoms with van der Waals surface area (Å²) in [5, 5.41) is 6.59. The molecule has 0 bridgehead atoms. The van der Waals surface area contributed by atoms with E-state index >= 15 is 4.39 Å². The lowest BCUT2D eigenvalue weighted by Gasteiger charge is -2.14. The van der Waals surface area contributed by atoms with Crippen molar-refractivity contribution in [1.82, 2.24) is 19.8 Å². The standard InChI is InChI=1S/C22H18ClF5N4O3S/c23-20-12(11-32(30-20)14-5-3-13(4-6-14)22(26,27)28)10-15-16(24)7-8-18(19(15)25)36(34,35)31-21(33)17-2-1-9-29-17/h3-8,11,17,29H,1-2,9-10H2,(H,31,33). The number of rotatable bonds is 6. The predicted octanol–water partition coefficient (Wildman–Crippen LogP) is 3.97. The molecule has 0 saturated carbocycles. The van der Waals surface area contributed by atoms with Crippen LogP contribution in [0, 0.1) is 11.6 Å². The second-order valence-electron chi connectivity index (χ2n) is 8.07. The molecular weight excluding hydrogens is 531 g/mol. The Morgan fingerprint density at radius 3 is 2.47 bits per heavy atom. The van der Waals surface area contributed by atoms with Crippen molar-refractivity contribution in [2.75, 3.05) is 6.54 Å². The zero-order valence-corrected chi connectivity index (χ0v) is 19.8. The van der Waals surface area contributed by atoms with Gasteiger partial charge in [0, 0.05) is 23.7 Å². The lowest BCUT2D eigenvalue weighted by atomic mass is 10.1. The van der Waals surface area contributed by atoms with Gasteiger partial charge in [0.1, 0.15) is 16.5 Å². The maximum Gasteiger partial charge on any atom is 0.416 e. The molecule has 0 spiro atoms. The Hall–Kier alpha value is -3.03. The van der Waals surface area contributed by atoms with Gasteiger partial charge >= 0.3 is 6.18 Å². The van der Waals surface area contributed by atoms with Crippen molar-refractivity contribution in [1.29, 1.82) is 0 Å². The summed E-state index contributed by atoms with van der Waals surface area (Å²) in [6.07, 6.45) is -2.69. The van der Waals surface area contributed by atoms with E-state index in [1.54, 1.807) is 4.72 Å². The summed E-state index contributed by atoms with van der Waals surface area (Å²) in [6, 6.07) is 4.69. The Morgan fingerprint density at radius 1 is 1.17 bits per heavy atom. The van der Waals surface area contributed by atoms with E-state index in [0.717, 1.165) is 35.0 Å². The molecule has 14 heteroatoms. The number of carbonyl (C=O) groups excluding carboxylic acids is 1. The highest BCUT2D eigenvalue weighted by molar-refractivity contribution is 7.90. The summed E-state index contributed by atoms with van der Waals surface area (Å²) in [4.78, 5) is 11.3. The quantitative estimate of drug-likeness (QED) is 0.455. The summed E-state index contributed by atoms with van der Waals surface area (Å²) < 4.78 is 96.3. The molecule has 2 N–H and O–H groups in total. The van der Waals surface area contributed by atoms with Crippen LogP contribution in [0.25, 0.3) is 5.69 Å². The highest BCUT2D eigenvalue weighted by Gasteiger charge is 2.31. The number of amides is 1. The number of nitrogens with zero attached hydrogens (tertiary/aromatic N) is 2. The first-order valence-electron chi connectivity index (χ1n) is 10.6. The molecule has 1 aliphatic heterocycles. The molecule has 4 rings (SSSR count). The van der Waals surface area contributed by atoms with E-state index in [4.69, 9.17) is 11.6 Å². The van der Waals surface area contributed by atoms with E-state index < -0.39 is 62.2 Å². The molecule has 1 saturated heterocycles. The third-order valence-electron chi connectivity index (χ3n) is 5.62. The smallest absolute Gasteiger partial charge is 0.306 e. The van der Waals surface area contributed by atoms with Crippen molar-refractivity contribution in [2.24, 2.45) is 0 Å². The zero-order chi connectivity index (χ0) is 26.3. The number of alkyl halides is 3. The number of nitrogens with one attached hydrogen (secondary N) is 2. The molecule has 36 heavy (non-hydrogen) atoms. The number of carbonyl (C=O) groups is 1. The molecule has 7 nitrogen and oxygen atoms in total. The Labute approximate surface area is 207 Å². The van der Waals surface area contributed by atoms with Crippen LogP contribution < -0.4 is 10.0 Å². The molecule has 3 aromatic rings. The molecule has 0 radical (unpaired) electrons. The van der Waals surface area contributed by atoms with Gasteiger partial charge < -0.3 is 5.32 Å². The fourth-order valence-electron chi connectivity index (χ4n) is 3.75. The highest BCUT2D eigenvalue weighted by Crippen LogP contribution is 2.30. The molecule has 1 atom stereocenters. The van der Waals surface area contributed by atoms with Gasteiger partial charge in [-0.05, 0) is 55.8 Å². The molecule has 1 aromatic heterocycles. The Morgan fingerprint density at radius 2 is 1.86 bits per heavy atom. The highest BCUT2D eigenvalue weighted by atomic mass is 35.5. The largest absolute Gasteiger partial charge is 0.416 e. The maximum absolute atomic E-state index is 15.2. The van der Waals surface area contributed by atoms with E-state index in [-0.39, 0.29) is 16.4 Å². The van der Waals surface area contributed by atoms with Crippen LogP contribution in [0.15, 0.2) is 47.5 Å². The van der Waals surface area contributed by atoms with Crippen LogP contribution in [-0.2, 0) is 27.4 Å². The zero-order valence-electron chi connectivity index (χ0n) is 18.2. The van der Waals surface area contributed by atoms with Gasteiger partial charge in [0.05, 0.1) is 17.3 Å². The first kappa shape index (κ1) is 26.0. The molecule has 192 valence electrons. The molecule has 0 aliphatic carbocycles. The van der Waals surface area contributed by atoms with Crippen molar-refractivity contribution in [3.8, 4) is 5.69 Å². The molecule has 1 fully saturated rings. The van der Waals surface area contributed by atoms with Crippen LogP contribution in [0.1, 0.15) is 29.5 Å². The Kier molecular flexibility index (Phi) is 7.08. The van der Waals surface area contributed by atoms with Gasteiger partial charge in [-0.1, -0.05) is 11.6 Å². The lowest BCUT2D eigenvalue weighted by Crippen LogP contribution is -2.43. The van der Waals surface area contributed by atoms with Crippen molar-refractivity contribution < 1.29 is 35.2 Å². The van der Waals surface area contributed by atoms with E-state index in [1.807, 2.05) is 0 Å². The van der Waals surface area contributed by atoms with Crippen LogP contribution >= 0.6 is 11.6 Å². The van der Waals surface area contributed by atoms with Crippen molar-refractivity contribution in [3.63, 3.8) is 0 Å². The minimum Gasteiger partial charge on any atom is -0.306 e. The van der Waals surface area contributed by atoms with Crippen LogP contribution in [0.5, 0.6) is 0 Å². The molecular formula is C22H18ClF5N4O3S. The first-order valence-corrected chi connectivity index (χ1v) is 12.4. The van der Waals surface area contributed by atoms with Gasteiger partial charge in [-0.3, -0.25) is 4.79 Å². The van der Waals surface area contributed by atoms with Crippen LogP contribution in [-0.4, -0.2) is 36.7 Å². The van der Waals surface area contributed by atoms with E-state index in [2.05, 4.69) is 10.4 Å². The number of benzene rings is 2. The van der Waals surface area contributed by atoms with Gasteiger partial charge in [-0.25, -0.2) is 26.6 Å². The van der Waals surface area contributed by atoms with E-state index in [1.165, 1.54) is 6.20 Å². The Bertz CT molecular complexity index is 1400. The van der Waals surface area contributed by atoms with E-state index in [0.29, 0.717) is 25.5 Å². The average molecular weight is 549 g/mol. The average Bonchev–Trinajstić information content (AvgIpc) is 3.46. The monoisotopic (exact) mass is 548 g/mol. The summed E-state index contributed by atoms with van der Waals surface area (Å²) in [5.74, 6) is -3.32. The van der Waals surface area contributed by atoms with Crippen molar-refractivity contribution in [3.05, 3.63) is 76.1 Å². The summed E-state index contributed by atoms with van der Waals surface area (Å²) in [6.45, 7) is 0.536. The van der Waals surface area contributed by atoms with Crippen LogP contribution in [0.2, 0.25) is 5.15 Å². The number of halogens is 6. The summed E-state index contributed by atoms with van der Waals surface area (Å²) >= 11 is 6.09. The summed E-state index contributed by atoms with van der Waals surface area (Å²) in [5.41, 5.74) is -1.22. The van der Waals surface area contributed by atoms with Gasteiger partial charge in [-0.15, -0.1) is 0 Å².